The minimum absolute atomic E-state index is 0. The van der Waals surface area contributed by atoms with Crippen molar-refractivity contribution in [2.24, 2.45) is 0 Å². The van der Waals surface area contributed by atoms with Crippen LogP contribution in [0.4, 0.5) is 4.79 Å². The zero-order chi connectivity index (χ0) is 3.58. The molecule has 0 saturated carbocycles. The molecule has 0 radical (unpaired) electrons. The molecule has 0 aromatic carbocycles. The third-order valence-electron chi connectivity index (χ3n) is 0. The fourth-order valence-corrected chi connectivity index (χ4v) is 0. The van der Waals surface area contributed by atoms with Crippen molar-refractivity contribution in [1.29, 1.82) is 0 Å². The molecule has 6 heavy (non-hydrogen) atoms. The summed E-state index contributed by atoms with van der Waals surface area (Å²) in [4.78, 5) is 8.33. The summed E-state index contributed by atoms with van der Waals surface area (Å²) in [6.45, 7) is 0. The molecule has 0 aromatic heterocycles. The first-order valence-electron chi connectivity index (χ1n) is 0.612. The predicted octanol–water partition coefficient (Wildman–Crippen LogP) is -2.45. The summed E-state index contributed by atoms with van der Waals surface area (Å²) in [5, 5.41) is 16.7. The van der Waals surface area contributed by atoms with Crippen LogP contribution in [0.15, 0.2) is 0 Å². The van der Waals surface area contributed by atoms with E-state index in [2.05, 4.69) is 0 Å². The number of rotatable bonds is 0. The van der Waals surface area contributed by atoms with Gasteiger partial charge in [0, 0.05) is 34.1 Å². The van der Waals surface area contributed by atoms with Crippen molar-refractivity contribution in [3.05, 3.63) is 0 Å². The quantitative estimate of drug-likeness (QED) is 0.380. The van der Waals surface area contributed by atoms with Gasteiger partial charge >= 0.3 is 0 Å². The van der Waals surface area contributed by atoms with Crippen molar-refractivity contribution < 1.29 is 49.1 Å². The van der Waals surface area contributed by atoms with Crippen LogP contribution in [0.5, 0.6) is 0 Å². The molecule has 0 aliphatic rings. The molecule has 0 aliphatic carbocycles. The van der Waals surface area contributed by atoms with Crippen molar-refractivity contribution in [3.63, 3.8) is 0 Å². The van der Waals surface area contributed by atoms with Crippen LogP contribution in [-0.2, 0) is 34.1 Å². The van der Waals surface area contributed by atoms with Gasteiger partial charge in [-0.3, -0.25) is 0 Å². The van der Waals surface area contributed by atoms with E-state index < -0.39 is 6.16 Å². The third kappa shape index (κ3) is 494. The molecule has 0 atom stereocenters. The van der Waals surface area contributed by atoms with Gasteiger partial charge in [-0.2, -0.15) is 0 Å². The fraction of sp³-hybridized carbons (Fsp3) is 0. The fourth-order valence-electron chi connectivity index (χ4n) is 0. The minimum Gasteiger partial charge on any atom is -0.652 e. The smallest absolute Gasteiger partial charge is 0 e. The molecule has 0 unspecified atom stereocenters. The molecule has 0 rings (SSSR count). The van der Waals surface area contributed by atoms with Crippen LogP contribution in [0, 0.1) is 0 Å². The monoisotopic (exact) mass is 172 g/mol. The summed E-state index contributed by atoms with van der Waals surface area (Å²) in [6.07, 6.45) is -2.33. The number of carbonyl (C=O) groups excluding carboxylic acids is 1. The van der Waals surface area contributed by atoms with E-state index in [1.165, 1.54) is 0 Å². The van der Waals surface area contributed by atoms with E-state index in [9.17, 15) is 0 Å². The summed E-state index contributed by atoms with van der Waals surface area (Å²) in [7, 11) is 0. The van der Waals surface area contributed by atoms with Gasteiger partial charge in [0.25, 0.3) is 0 Å². The van der Waals surface area contributed by atoms with Gasteiger partial charge in [-0.05, 0) is 6.16 Å². The van der Waals surface area contributed by atoms with Gasteiger partial charge in [-0.25, -0.2) is 0 Å². The standard InChI is InChI=1S/CH2O3.2Fe/c2-1(3)4;;/h(H2,2,3,4);;/p-2. The molecular weight excluding hydrogens is 172 g/mol. The van der Waals surface area contributed by atoms with Crippen molar-refractivity contribution in [3.8, 4) is 0 Å². The predicted molar refractivity (Wildman–Crippen MR) is 5.40 cm³/mol. The second kappa shape index (κ2) is 9.00. The molecule has 0 heterocycles. The van der Waals surface area contributed by atoms with Crippen molar-refractivity contribution in [2.75, 3.05) is 0 Å². The summed E-state index contributed by atoms with van der Waals surface area (Å²) in [5.74, 6) is 0. The van der Waals surface area contributed by atoms with E-state index in [1.807, 2.05) is 0 Å². The van der Waals surface area contributed by atoms with E-state index in [4.69, 9.17) is 15.0 Å². The first kappa shape index (κ1) is 16.2. The molecule has 40 valence electrons. The van der Waals surface area contributed by atoms with Gasteiger partial charge in [0.1, 0.15) is 0 Å². The molecule has 0 N–H and O–H groups in total. The second-order valence-electron chi connectivity index (χ2n) is 0.250. The zero-order valence-electron chi connectivity index (χ0n) is 2.43. The molecular formula is CFe2O3-2. The summed E-state index contributed by atoms with van der Waals surface area (Å²) < 4.78 is 0. The Hall–Kier alpha value is 0.309. The van der Waals surface area contributed by atoms with E-state index in [1.54, 1.807) is 0 Å². The van der Waals surface area contributed by atoms with Gasteiger partial charge in [-0.15, -0.1) is 0 Å². The molecule has 3 nitrogen and oxygen atoms in total. The van der Waals surface area contributed by atoms with Crippen LogP contribution in [0.1, 0.15) is 0 Å². The normalized spacial score (nSPS) is 4.00. The van der Waals surface area contributed by atoms with Crippen molar-refractivity contribution in [1.82, 2.24) is 0 Å². The Kier molecular flexibility index (Phi) is 24.4. The molecule has 0 saturated heterocycles. The Balaban J connectivity index is -0.0000000450. The molecule has 0 aliphatic heterocycles. The molecule has 0 fully saturated rings. The van der Waals surface area contributed by atoms with Crippen LogP contribution < -0.4 is 10.2 Å². The van der Waals surface area contributed by atoms with E-state index >= 15 is 0 Å². The van der Waals surface area contributed by atoms with Gasteiger partial charge in [-0.1, -0.05) is 0 Å². The Morgan fingerprint density at radius 1 is 1.17 bits per heavy atom. The maximum atomic E-state index is 8.33. The first-order valence-corrected chi connectivity index (χ1v) is 0.612. The molecule has 0 bridgehead atoms. The second-order valence-corrected chi connectivity index (χ2v) is 0.250. The van der Waals surface area contributed by atoms with Gasteiger partial charge in [0.15, 0.2) is 0 Å². The topological polar surface area (TPSA) is 63.2 Å². The Morgan fingerprint density at radius 3 is 1.17 bits per heavy atom. The van der Waals surface area contributed by atoms with Crippen LogP contribution in [0.25, 0.3) is 0 Å². The first-order chi connectivity index (χ1) is 1.73. The van der Waals surface area contributed by atoms with Crippen molar-refractivity contribution >= 4 is 6.16 Å². The van der Waals surface area contributed by atoms with Crippen LogP contribution in [0.2, 0.25) is 0 Å². The Morgan fingerprint density at radius 2 is 1.17 bits per heavy atom. The SMILES string of the molecule is O=C([O-])[O-].[Fe].[Fe]. The van der Waals surface area contributed by atoms with Crippen molar-refractivity contribution in [2.45, 2.75) is 0 Å². The molecule has 0 amide bonds. The Labute approximate surface area is 55.7 Å². The van der Waals surface area contributed by atoms with Gasteiger partial charge in [0.2, 0.25) is 0 Å². The maximum Gasteiger partial charge on any atom is 0 e. The summed E-state index contributed by atoms with van der Waals surface area (Å²) in [6, 6.07) is 0. The van der Waals surface area contributed by atoms with Gasteiger partial charge in [0.05, 0.1) is 0 Å². The third-order valence-corrected chi connectivity index (χ3v) is 0. The molecule has 0 spiro atoms. The largest absolute Gasteiger partial charge is 0.652 e. The summed E-state index contributed by atoms with van der Waals surface area (Å²) in [5.41, 5.74) is 0. The van der Waals surface area contributed by atoms with Gasteiger partial charge < -0.3 is 15.0 Å². The minimum atomic E-state index is -2.33. The average Bonchev–Trinajstić information content (AvgIpc) is 0.811. The molecule has 0 aromatic rings. The maximum absolute atomic E-state index is 8.33. The van der Waals surface area contributed by atoms with E-state index in [-0.39, 0.29) is 34.1 Å². The zero-order valence-corrected chi connectivity index (χ0v) is 4.64. The Bertz CT molecular complexity index is 31.8. The molecule has 5 heteroatoms. The number of hydrogen-bond acceptors (Lipinski definition) is 3. The van der Waals surface area contributed by atoms with Crippen LogP contribution >= 0.6 is 0 Å². The van der Waals surface area contributed by atoms with Crippen LogP contribution in [0.3, 0.4) is 0 Å². The number of carboxylic acid groups (broad SMARTS) is 2. The van der Waals surface area contributed by atoms with E-state index in [0.29, 0.717) is 0 Å². The number of hydrogen-bond donors (Lipinski definition) is 0. The number of carbonyl (C=O) groups is 1. The van der Waals surface area contributed by atoms with Crippen LogP contribution in [-0.4, -0.2) is 6.16 Å². The summed E-state index contributed by atoms with van der Waals surface area (Å²) >= 11 is 0. The average molecular weight is 172 g/mol. The van der Waals surface area contributed by atoms with E-state index in [0.717, 1.165) is 0 Å².